The minimum Gasteiger partial charge on any atom is -0.455 e. The van der Waals surface area contributed by atoms with Gasteiger partial charge in [0.25, 0.3) is 5.91 Å². The number of nitrogens with zero attached hydrogens (tertiary/aromatic N) is 2. The third-order valence-electron chi connectivity index (χ3n) is 5.29. The Morgan fingerprint density at radius 1 is 1.29 bits per heavy atom. The van der Waals surface area contributed by atoms with E-state index >= 15 is 0 Å². The summed E-state index contributed by atoms with van der Waals surface area (Å²) in [4.78, 5) is 14.5. The third kappa shape index (κ3) is 2.98. The van der Waals surface area contributed by atoms with Gasteiger partial charge in [0.15, 0.2) is 5.76 Å². The number of aryl methyl sites for hydroxylation is 1. The van der Waals surface area contributed by atoms with Crippen molar-refractivity contribution in [1.82, 2.24) is 14.5 Å². The Kier molecular flexibility index (Phi) is 4.48. The van der Waals surface area contributed by atoms with Gasteiger partial charge < -0.3 is 14.6 Å². The van der Waals surface area contributed by atoms with Crippen LogP contribution < -0.4 is 5.32 Å². The monoisotopic (exact) mass is 355 g/mol. The van der Waals surface area contributed by atoms with Crippen molar-refractivity contribution in [2.24, 2.45) is 5.41 Å². The molecule has 3 heterocycles. The molecular formula is C16H25N3O4S. The summed E-state index contributed by atoms with van der Waals surface area (Å²) in [5, 5.41) is 3.40. The van der Waals surface area contributed by atoms with Gasteiger partial charge in [-0.3, -0.25) is 4.79 Å². The molecule has 7 nitrogen and oxygen atoms in total. The van der Waals surface area contributed by atoms with Crippen molar-refractivity contribution in [3.63, 3.8) is 0 Å². The van der Waals surface area contributed by atoms with E-state index in [1.165, 1.54) is 26.6 Å². The van der Waals surface area contributed by atoms with Gasteiger partial charge in [0.05, 0.1) is 0 Å². The zero-order chi connectivity index (χ0) is 17.5. The lowest BCUT2D eigenvalue weighted by Gasteiger charge is -2.38. The van der Waals surface area contributed by atoms with E-state index in [9.17, 15) is 13.2 Å². The lowest BCUT2D eigenvalue weighted by atomic mass is 9.78. The smallest absolute Gasteiger partial charge is 0.289 e. The normalized spacial score (nSPS) is 20.9. The first kappa shape index (κ1) is 17.4. The number of piperidine rings is 1. The van der Waals surface area contributed by atoms with Gasteiger partial charge in [0.2, 0.25) is 10.0 Å². The molecule has 0 radical (unpaired) electrons. The van der Waals surface area contributed by atoms with Crippen molar-refractivity contribution in [3.05, 3.63) is 17.6 Å². The van der Waals surface area contributed by atoms with Gasteiger partial charge in [-0.05, 0) is 38.1 Å². The van der Waals surface area contributed by atoms with Gasteiger partial charge in [-0.1, -0.05) is 0 Å². The van der Waals surface area contributed by atoms with Crippen LogP contribution in [0.5, 0.6) is 0 Å². The topological polar surface area (TPSA) is 82.9 Å². The highest BCUT2D eigenvalue weighted by atomic mass is 32.2. The second-order valence-electron chi connectivity index (χ2n) is 7.04. The number of carbonyl (C=O) groups is 1. The van der Waals surface area contributed by atoms with Crippen molar-refractivity contribution < 1.29 is 17.6 Å². The van der Waals surface area contributed by atoms with E-state index in [4.69, 9.17) is 4.42 Å². The van der Waals surface area contributed by atoms with Crippen molar-refractivity contribution in [2.45, 2.75) is 31.1 Å². The average molecular weight is 355 g/mol. The van der Waals surface area contributed by atoms with Crippen molar-refractivity contribution in [2.75, 3.05) is 40.3 Å². The molecule has 0 unspecified atom stereocenters. The van der Waals surface area contributed by atoms with E-state index in [2.05, 4.69) is 5.32 Å². The lowest BCUT2D eigenvalue weighted by Crippen LogP contribution is -2.43. The predicted molar refractivity (Wildman–Crippen MR) is 89.4 cm³/mol. The van der Waals surface area contributed by atoms with Gasteiger partial charge in [0.1, 0.15) is 10.7 Å². The molecule has 2 aliphatic heterocycles. The van der Waals surface area contributed by atoms with E-state index in [0.29, 0.717) is 18.5 Å². The van der Waals surface area contributed by atoms with Gasteiger partial charge in [-0.25, -0.2) is 12.7 Å². The van der Waals surface area contributed by atoms with E-state index in [1.54, 1.807) is 11.8 Å². The van der Waals surface area contributed by atoms with Crippen LogP contribution in [0.1, 0.15) is 35.6 Å². The van der Waals surface area contributed by atoms with Crippen LogP contribution in [-0.4, -0.2) is 63.8 Å². The Hall–Kier alpha value is -1.38. The van der Waals surface area contributed by atoms with Crippen LogP contribution in [0.15, 0.2) is 15.4 Å². The van der Waals surface area contributed by atoms with Crippen molar-refractivity contribution >= 4 is 15.9 Å². The highest BCUT2D eigenvalue weighted by Crippen LogP contribution is 2.37. The maximum atomic E-state index is 12.7. The zero-order valence-electron chi connectivity index (χ0n) is 14.5. The van der Waals surface area contributed by atoms with Crippen LogP contribution >= 0.6 is 0 Å². The first-order chi connectivity index (χ1) is 11.3. The molecule has 3 rings (SSSR count). The summed E-state index contributed by atoms with van der Waals surface area (Å²) in [5.74, 6) is 0.132. The minimum atomic E-state index is -3.61. The molecule has 0 saturated carbocycles. The second-order valence-corrected chi connectivity index (χ2v) is 9.16. The van der Waals surface area contributed by atoms with Crippen molar-refractivity contribution in [1.29, 1.82) is 0 Å². The molecule has 2 saturated heterocycles. The molecule has 1 aromatic rings. The molecule has 1 spiro atoms. The van der Waals surface area contributed by atoms with Crippen LogP contribution in [-0.2, 0) is 10.0 Å². The summed E-state index contributed by atoms with van der Waals surface area (Å²) in [6.45, 7) is 5.03. The Labute approximate surface area is 143 Å². The summed E-state index contributed by atoms with van der Waals surface area (Å²) in [7, 11) is -0.686. The summed E-state index contributed by atoms with van der Waals surface area (Å²) in [6.07, 6.45) is 3.13. The number of likely N-dealkylation sites (tertiary alicyclic amines) is 1. The maximum Gasteiger partial charge on any atom is 0.289 e. The number of rotatable bonds is 3. The van der Waals surface area contributed by atoms with Gasteiger partial charge >= 0.3 is 0 Å². The first-order valence-corrected chi connectivity index (χ1v) is 9.72. The predicted octanol–water partition coefficient (Wildman–Crippen LogP) is 1.05. The van der Waals surface area contributed by atoms with Crippen LogP contribution in [0.2, 0.25) is 0 Å². The fraction of sp³-hybridized carbons (Fsp3) is 0.688. The van der Waals surface area contributed by atoms with E-state index < -0.39 is 10.0 Å². The summed E-state index contributed by atoms with van der Waals surface area (Å²) < 4.78 is 31.1. The fourth-order valence-corrected chi connectivity index (χ4v) is 4.64. The molecule has 0 aliphatic carbocycles. The average Bonchev–Trinajstić information content (AvgIpc) is 3.15. The van der Waals surface area contributed by atoms with Crippen LogP contribution in [0.3, 0.4) is 0 Å². The number of amides is 1. The second kappa shape index (κ2) is 6.16. The Morgan fingerprint density at radius 3 is 2.50 bits per heavy atom. The molecule has 134 valence electrons. The van der Waals surface area contributed by atoms with Crippen LogP contribution in [0.25, 0.3) is 0 Å². The number of carbonyl (C=O) groups excluding carboxylic acids is 1. The molecule has 1 amide bonds. The molecule has 0 bridgehead atoms. The Balaban J connectivity index is 1.75. The number of furan rings is 1. The molecule has 1 N–H and O–H groups in total. The molecule has 0 aromatic carbocycles. The summed E-state index contributed by atoms with van der Waals surface area (Å²) >= 11 is 0. The van der Waals surface area contributed by atoms with E-state index in [1.807, 2.05) is 0 Å². The zero-order valence-corrected chi connectivity index (χ0v) is 15.3. The third-order valence-corrected chi connectivity index (χ3v) is 7.21. The van der Waals surface area contributed by atoms with Gasteiger partial charge in [0, 0.05) is 39.8 Å². The molecule has 0 atom stereocenters. The maximum absolute atomic E-state index is 12.7. The largest absolute Gasteiger partial charge is 0.455 e. The first-order valence-electron chi connectivity index (χ1n) is 8.28. The molecule has 1 aromatic heterocycles. The van der Waals surface area contributed by atoms with E-state index in [-0.39, 0.29) is 22.3 Å². The Bertz CT molecular complexity index is 723. The number of hydrogen-bond acceptors (Lipinski definition) is 5. The van der Waals surface area contributed by atoms with Gasteiger partial charge in [-0.15, -0.1) is 0 Å². The highest BCUT2D eigenvalue weighted by molar-refractivity contribution is 7.89. The molecular weight excluding hydrogens is 330 g/mol. The molecule has 24 heavy (non-hydrogen) atoms. The highest BCUT2D eigenvalue weighted by Gasteiger charge is 2.39. The SMILES string of the molecule is Cc1oc(C(=O)N2CCC3(CCNC3)CC2)cc1S(=O)(=O)N(C)C. The van der Waals surface area contributed by atoms with Crippen LogP contribution in [0.4, 0.5) is 0 Å². The lowest BCUT2D eigenvalue weighted by molar-refractivity contribution is 0.0576. The minimum absolute atomic E-state index is 0.0596. The van der Waals surface area contributed by atoms with Gasteiger partial charge in [-0.2, -0.15) is 0 Å². The molecule has 2 aliphatic rings. The molecule has 2 fully saturated rings. The fourth-order valence-electron chi connectivity index (χ4n) is 3.59. The summed E-state index contributed by atoms with van der Waals surface area (Å²) in [6, 6.07) is 1.36. The Morgan fingerprint density at radius 2 is 1.96 bits per heavy atom. The van der Waals surface area contributed by atoms with Crippen molar-refractivity contribution in [3.8, 4) is 0 Å². The number of hydrogen-bond donors (Lipinski definition) is 1. The number of nitrogens with one attached hydrogen (secondary N) is 1. The molecule has 8 heteroatoms. The standard InChI is InChI=1S/C16H25N3O4S/c1-12-14(24(21,22)18(2)3)10-13(23-12)15(20)19-8-5-16(6-9-19)4-7-17-11-16/h10,17H,4-9,11H2,1-3H3. The quantitative estimate of drug-likeness (QED) is 0.876. The van der Waals surface area contributed by atoms with Crippen LogP contribution in [0, 0.1) is 12.3 Å². The summed E-state index contributed by atoms with van der Waals surface area (Å²) in [5.41, 5.74) is 0.329. The number of sulfonamides is 1. The van der Waals surface area contributed by atoms with E-state index in [0.717, 1.165) is 30.2 Å².